The second-order valence-corrected chi connectivity index (χ2v) is 11.8. The van der Waals surface area contributed by atoms with Gasteiger partial charge in [-0.3, -0.25) is 9.59 Å². The molecule has 4 aromatic carbocycles. The normalized spacial score (nSPS) is 19.8. The molecule has 4 aromatic rings. The van der Waals surface area contributed by atoms with Crippen LogP contribution >= 0.6 is 0 Å². The third-order valence-corrected chi connectivity index (χ3v) is 9.34. The van der Waals surface area contributed by atoms with Crippen LogP contribution < -0.4 is 10.2 Å². The number of anilines is 2. The Morgan fingerprint density at radius 1 is 0.800 bits per heavy atom. The summed E-state index contributed by atoms with van der Waals surface area (Å²) in [6, 6.07) is 29.5. The minimum atomic E-state index is -3.88. The van der Waals surface area contributed by atoms with Crippen molar-refractivity contribution in [3.8, 4) is 11.1 Å². The molecule has 0 spiro atoms. The minimum Gasteiger partial charge on any atom is -0.392 e. The number of nitrogens with one attached hydrogen (secondary N) is 1. The van der Waals surface area contributed by atoms with E-state index >= 15 is 0 Å². The van der Waals surface area contributed by atoms with Crippen LogP contribution in [0.2, 0.25) is 0 Å². The fourth-order valence-electron chi connectivity index (χ4n) is 5.45. The van der Waals surface area contributed by atoms with Gasteiger partial charge in [0.05, 0.1) is 11.8 Å². The Kier molecular flexibility index (Phi) is 6.71. The maximum Gasteiger partial charge on any atom is 0.258 e. The number of rotatable bonds is 4. The fourth-order valence-corrected chi connectivity index (χ4v) is 7.31. The zero-order chi connectivity index (χ0) is 27.9. The molecule has 2 heterocycles. The van der Waals surface area contributed by atoms with Gasteiger partial charge >= 0.3 is 0 Å². The summed E-state index contributed by atoms with van der Waals surface area (Å²) in [5.74, 6) is -0.636. The summed E-state index contributed by atoms with van der Waals surface area (Å²) >= 11 is 0. The van der Waals surface area contributed by atoms with Gasteiger partial charge in [-0.05, 0) is 60.0 Å². The highest BCUT2D eigenvalue weighted by Gasteiger charge is 2.45. The molecule has 0 aliphatic carbocycles. The van der Waals surface area contributed by atoms with Crippen LogP contribution in [0.5, 0.6) is 0 Å². The maximum atomic E-state index is 13.7. The van der Waals surface area contributed by atoms with E-state index in [2.05, 4.69) is 5.32 Å². The van der Waals surface area contributed by atoms with Crippen molar-refractivity contribution in [2.24, 2.45) is 0 Å². The number of nitrogens with zero attached hydrogens (tertiary/aromatic N) is 2. The third kappa shape index (κ3) is 4.68. The first kappa shape index (κ1) is 25.9. The summed E-state index contributed by atoms with van der Waals surface area (Å²) in [6.07, 6.45) is -0.524. The van der Waals surface area contributed by atoms with E-state index in [1.165, 1.54) is 15.3 Å². The van der Waals surface area contributed by atoms with Crippen LogP contribution in [0.1, 0.15) is 27.1 Å². The summed E-state index contributed by atoms with van der Waals surface area (Å²) in [6.45, 7) is 0.131. The summed E-state index contributed by atoms with van der Waals surface area (Å²) in [4.78, 5) is 28.4. The maximum absolute atomic E-state index is 13.7. The van der Waals surface area contributed by atoms with E-state index in [0.29, 0.717) is 22.5 Å². The SMILES string of the molecule is O=C(Nc1ccc(C(=O)N2C[C@@H]3C[C@@H](O)CN3S(=O)(=O)c3ccccc32)cc1)c1ccccc1-c1ccccc1. The van der Waals surface area contributed by atoms with Gasteiger partial charge in [-0.25, -0.2) is 8.42 Å². The van der Waals surface area contributed by atoms with Crippen molar-refractivity contribution in [1.29, 1.82) is 0 Å². The van der Waals surface area contributed by atoms with Crippen molar-refractivity contribution < 1.29 is 23.1 Å². The number of benzene rings is 4. The Morgan fingerprint density at radius 2 is 1.48 bits per heavy atom. The first-order valence-electron chi connectivity index (χ1n) is 13.0. The zero-order valence-corrected chi connectivity index (χ0v) is 22.3. The summed E-state index contributed by atoms with van der Waals surface area (Å²) < 4.78 is 28.0. The molecule has 2 amide bonds. The molecule has 40 heavy (non-hydrogen) atoms. The van der Waals surface area contributed by atoms with Crippen LogP contribution in [-0.2, 0) is 10.0 Å². The predicted octanol–water partition coefficient (Wildman–Crippen LogP) is 4.39. The average Bonchev–Trinajstić information content (AvgIpc) is 3.33. The number of aliphatic hydroxyl groups excluding tert-OH is 1. The van der Waals surface area contributed by atoms with Gasteiger partial charge in [0.1, 0.15) is 4.90 Å². The van der Waals surface area contributed by atoms with Crippen LogP contribution in [-0.4, -0.2) is 54.9 Å². The van der Waals surface area contributed by atoms with Crippen molar-refractivity contribution >= 4 is 33.2 Å². The number of hydrogen-bond acceptors (Lipinski definition) is 5. The Balaban J connectivity index is 1.26. The Labute approximate surface area is 232 Å². The van der Waals surface area contributed by atoms with Gasteiger partial charge < -0.3 is 15.3 Å². The van der Waals surface area contributed by atoms with E-state index in [-0.39, 0.29) is 36.2 Å². The first-order valence-corrected chi connectivity index (χ1v) is 14.4. The molecule has 202 valence electrons. The molecule has 9 heteroatoms. The van der Waals surface area contributed by atoms with Crippen LogP contribution in [0, 0.1) is 0 Å². The standard InChI is InChI=1S/C31H27N3O5S/c35-25-18-24-19-33(28-12-6-7-13-29(28)40(38,39)34(24)20-25)31(37)22-14-16-23(17-15-22)32-30(36)27-11-5-4-10-26(27)21-8-2-1-3-9-21/h1-17,24-25,35H,18-20H2,(H,32,36)/t24-,25+/m0/s1. The summed E-state index contributed by atoms with van der Waals surface area (Å²) in [5, 5.41) is 13.1. The van der Waals surface area contributed by atoms with Crippen LogP contribution in [0.3, 0.4) is 0 Å². The van der Waals surface area contributed by atoms with E-state index in [4.69, 9.17) is 0 Å². The Hall–Kier alpha value is -4.31. The van der Waals surface area contributed by atoms with Gasteiger partial charge in [-0.1, -0.05) is 60.7 Å². The molecular weight excluding hydrogens is 526 g/mol. The van der Waals surface area contributed by atoms with Gasteiger partial charge in [0.25, 0.3) is 11.8 Å². The first-order chi connectivity index (χ1) is 19.3. The molecule has 0 saturated carbocycles. The molecule has 1 fully saturated rings. The van der Waals surface area contributed by atoms with E-state index < -0.39 is 22.2 Å². The fraction of sp³-hybridized carbons (Fsp3) is 0.161. The van der Waals surface area contributed by atoms with E-state index in [9.17, 15) is 23.1 Å². The van der Waals surface area contributed by atoms with Crippen molar-refractivity contribution in [1.82, 2.24) is 4.31 Å². The summed E-state index contributed by atoms with van der Waals surface area (Å²) in [5.41, 5.74) is 3.46. The number of carbonyl (C=O) groups excluding carboxylic acids is 2. The number of aliphatic hydroxyl groups is 1. The van der Waals surface area contributed by atoms with E-state index in [1.807, 2.05) is 48.5 Å². The minimum absolute atomic E-state index is 0.00512. The smallest absolute Gasteiger partial charge is 0.258 e. The number of hydrogen-bond donors (Lipinski definition) is 2. The van der Waals surface area contributed by atoms with E-state index in [0.717, 1.165) is 11.1 Å². The van der Waals surface area contributed by atoms with Gasteiger partial charge in [0.15, 0.2) is 0 Å². The highest BCUT2D eigenvalue weighted by Crippen LogP contribution is 2.37. The number of fused-ring (bicyclic) bond motifs is 2. The van der Waals surface area contributed by atoms with Crippen molar-refractivity contribution in [3.05, 3.63) is 114 Å². The molecule has 8 nitrogen and oxygen atoms in total. The van der Waals surface area contributed by atoms with Crippen LogP contribution in [0.4, 0.5) is 11.4 Å². The van der Waals surface area contributed by atoms with Crippen LogP contribution in [0.25, 0.3) is 11.1 Å². The molecule has 0 radical (unpaired) electrons. The molecular formula is C31H27N3O5S. The zero-order valence-electron chi connectivity index (χ0n) is 21.5. The number of para-hydroxylation sites is 1. The van der Waals surface area contributed by atoms with Gasteiger partial charge in [-0.15, -0.1) is 0 Å². The molecule has 0 aromatic heterocycles. The second kappa shape index (κ2) is 10.3. The highest BCUT2D eigenvalue weighted by atomic mass is 32.2. The van der Waals surface area contributed by atoms with Crippen molar-refractivity contribution in [2.45, 2.75) is 23.5 Å². The average molecular weight is 554 g/mol. The van der Waals surface area contributed by atoms with Crippen molar-refractivity contribution in [3.63, 3.8) is 0 Å². The molecule has 6 rings (SSSR count). The van der Waals surface area contributed by atoms with Crippen molar-refractivity contribution in [2.75, 3.05) is 23.3 Å². The number of sulfonamides is 1. The van der Waals surface area contributed by atoms with Gasteiger partial charge in [0.2, 0.25) is 10.0 Å². The lowest BCUT2D eigenvalue weighted by Gasteiger charge is -2.25. The highest BCUT2D eigenvalue weighted by molar-refractivity contribution is 7.89. The lowest BCUT2D eigenvalue weighted by Crippen LogP contribution is -2.42. The Morgan fingerprint density at radius 3 is 2.25 bits per heavy atom. The quantitative estimate of drug-likeness (QED) is 0.390. The molecule has 2 atom stereocenters. The van der Waals surface area contributed by atoms with Gasteiger partial charge in [-0.2, -0.15) is 4.31 Å². The second-order valence-electron chi connectivity index (χ2n) is 9.94. The summed E-state index contributed by atoms with van der Waals surface area (Å²) in [7, 11) is -3.88. The molecule has 0 bridgehead atoms. The Bertz CT molecular complexity index is 1690. The number of amides is 2. The lowest BCUT2D eigenvalue weighted by atomic mass is 9.99. The van der Waals surface area contributed by atoms with Gasteiger partial charge in [0, 0.05) is 35.9 Å². The molecule has 1 saturated heterocycles. The topological polar surface area (TPSA) is 107 Å². The predicted molar refractivity (Wildman–Crippen MR) is 153 cm³/mol. The molecule has 2 aliphatic rings. The molecule has 0 unspecified atom stereocenters. The third-order valence-electron chi connectivity index (χ3n) is 7.37. The number of carbonyl (C=O) groups is 2. The molecule has 2 aliphatic heterocycles. The molecule has 2 N–H and O–H groups in total. The van der Waals surface area contributed by atoms with E-state index in [1.54, 1.807) is 48.5 Å². The largest absolute Gasteiger partial charge is 0.392 e. The van der Waals surface area contributed by atoms with Crippen LogP contribution in [0.15, 0.2) is 108 Å². The lowest BCUT2D eigenvalue weighted by molar-refractivity contribution is 0.0981. The monoisotopic (exact) mass is 553 g/mol.